The molecule has 0 bridgehead atoms. The molecule has 372 valence electrons. The third-order valence-corrected chi connectivity index (χ3v) is 17.4. The predicted molar refractivity (Wildman–Crippen MR) is 333 cm³/mol. The molecule has 1 unspecified atom stereocenters. The first-order valence-corrected chi connectivity index (χ1v) is 27.6. The highest BCUT2D eigenvalue weighted by molar-refractivity contribution is 6.13. The van der Waals surface area contributed by atoms with Crippen LogP contribution in [0.2, 0.25) is 0 Å². The van der Waals surface area contributed by atoms with Crippen molar-refractivity contribution in [3.8, 4) is 61.3 Å². The van der Waals surface area contributed by atoms with Gasteiger partial charge in [-0.25, -0.2) is 0 Å². The third-order valence-electron chi connectivity index (χ3n) is 17.4. The highest BCUT2D eigenvalue weighted by atomic mass is 16.3. The van der Waals surface area contributed by atoms with Crippen LogP contribution in [0.3, 0.4) is 0 Å². The summed E-state index contributed by atoms with van der Waals surface area (Å²) in [5.74, 6) is 0. The summed E-state index contributed by atoms with van der Waals surface area (Å²) < 4.78 is 9.06. The van der Waals surface area contributed by atoms with Gasteiger partial charge in [0.15, 0.2) is 0 Å². The quantitative estimate of drug-likeness (QED) is 0.159. The standard InChI is InChI=1S/C77H48N2O/c1-2-18-49(19-3-1)57-20-4-5-21-59(57)62-23-7-12-32-71(62)78(55-42-38-50(39-43-55)58-26-16-28-66-64-25-9-15-35-74(64)80-76(58)66)56-44-40-52-46-51(36-37-53(52)47-56)54-41-45-61-60-22-6-10-29-67(60)77(70(61)48-54)68-30-11-14-34-73(68)79-72-33-13-8-24-63(72)65-27-17-31-69(77)75(65)79/h1-48H. The summed E-state index contributed by atoms with van der Waals surface area (Å²) >= 11 is 0. The largest absolute Gasteiger partial charge is 0.455 e. The molecule has 3 nitrogen and oxygen atoms in total. The monoisotopic (exact) mass is 1020 g/mol. The Hall–Kier alpha value is -10.5. The Kier molecular flexibility index (Phi) is 9.63. The Morgan fingerprint density at radius 2 is 0.887 bits per heavy atom. The zero-order valence-electron chi connectivity index (χ0n) is 43.5. The van der Waals surface area contributed by atoms with E-state index in [0.29, 0.717) is 0 Å². The van der Waals surface area contributed by atoms with Crippen molar-refractivity contribution in [2.45, 2.75) is 5.41 Å². The number of hydrogen-bond donors (Lipinski definition) is 0. The van der Waals surface area contributed by atoms with Crippen LogP contribution in [0.5, 0.6) is 0 Å². The smallest absolute Gasteiger partial charge is 0.143 e. The number of para-hydroxylation sites is 6. The number of rotatable bonds is 7. The van der Waals surface area contributed by atoms with Crippen LogP contribution in [0.4, 0.5) is 17.1 Å². The molecular formula is C77H48N2O. The van der Waals surface area contributed by atoms with E-state index in [1.807, 2.05) is 6.07 Å². The minimum Gasteiger partial charge on any atom is -0.455 e. The SMILES string of the molecule is c1ccc(-c2ccccc2-c2ccccc2N(c2ccc(-c3cccc4c3oc3ccccc34)cc2)c2ccc3cc(-c4ccc5c(c4)C4(c6ccccc6-5)c5ccccc5-n5c6ccccc6c6cccc4c65)ccc3c2)cc1. The molecule has 3 heterocycles. The number of fused-ring (bicyclic) bond motifs is 16. The zero-order chi connectivity index (χ0) is 52.5. The second kappa shape index (κ2) is 17.3. The van der Waals surface area contributed by atoms with Crippen LogP contribution < -0.4 is 4.90 Å². The van der Waals surface area contributed by atoms with Crippen molar-refractivity contribution >= 4 is 71.6 Å². The van der Waals surface area contributed by atoms with Gasteiger partial charge in [-0.05, 0) is 138 Å². The molecule has 15 aromatic rings. The molecule has 0 amide bonds. The van der Waals surface area contributed by atoms with E-state index >= 15 is 0 Å². The minimum absolute atomic E-state index is 0.519. The van der Waals surface area contributed by atoms with E-state index in [-0.39, 0.29) is 0 Å². The van der Waals surface area contributed by atoms with Gasteiger partial charge in [0.25, 0.3) is 0 Å². The lowest BCUT2D eigenvalue weighted by Gasteiger charge is -2.39. The third kappa shape index (κ3) is 6.37. The fourth-order valence-electron chi connectivity index (χ4n) is 14.0. The van der Waals surface area contributed by atoms with Crippen molar-refractivity contribution in [2.24, 2.45) is 0 Å². The van der Waals surface area contributed by atoms with E-state index < -0.39 is 5.41 Å². The average Bonchev–Trinajstić information content (AvgIpc) is 4.38. The van der Waals surface area contributed by atoms with Crippen LogP contribution >= 0.6 is 0 Å². The molecule has 1 spiro atoms. The van der Waals surface area contributed by atoms with Crippen molar-refractivity contribution < 1.29 is 4.42 Å². The molecule has 3 heteroatoms. The van der Waals surface area contributed by atoms with E-state index in [9.17, 15) is 0 Å². The van der Waals surface area contributed by atoms with Crippen LogP contribution in [0.1, 0.15) is 22.3 Å². The molecule has 2 aliphatic rings. The molecule has 0 saturated heterocycles. The number of furan rings is 1. The lowest BCUT2D eigenvalue weighted by molar-refractivity contribution is 0.670. The van der Waals surface area contributed by atoms with Crippen LogP contribution in [-0.4, -0.2) is 4.57 Å². The molecule has 2 aromatic heterocycles. The van der Waals surface area contributed by atoms with Gasteiger partial charge in [-0.15, -0.1) is 0 Å². The van der Waals surface area contributed by atoms with Crippen molar-refractivity contribution in [3.63, 3.8) is 0 Å². The molecule has 1 atom stereocenters. The van der Waals surface area contributed by atoms with Gasteiger partial charge in [-0.3, -0.25) is 0 Å². The van der Waals surface area contributed by atoms with E-state index in [0.717, 1.165) is 61.1 Å². The highest BCUT2D eigenvalue weighted by Gasteiger charge is 2.51. The molecule has 1 aliphatic carbocycles. The fourth-order valence-corrected chi connectivity index (χ4v) is 14.0. The lowest BCUT2D eigenvalue weighted by Crippen LogP contribution is -2.33. The fraction of sp³-hybridized carbons (Fsp3) is 0.0130. The molecular weight excluding hydrogens is 969 g/mol. The van der Waals surface area contributed by atoms with Crippen molar-refractivity contribution in [1.82, 2.24) is 4.57 Å². The Morgan fingerprint density at radius 1 is 0.312 bits per heavy atom. The molecule has 1 aliphatic heterocycles. The highest BCUT2D eigenvalue weighted by Crippen LogP contribution is 2.61. The van der Waals surface area contributed by atoms with Gasteiger partial charge in [-0.1, -0.05) is 231 Å². The van der Waals surface area contributed by atoms with Crippen molar-refractivity contribution in [1.29, 1.82) is 0 Å². The van der Waals surface area contributed by atoms with Gasteiger partial charge in [0.1, 0.15) is 11.2 Å². The predicted octanol–water partition coefficient (Wildman–Crippen LogP) is 20.7. The van der Waals surface area contributed by atoms with Gasteiger partial charge in [0.2, 0.25) is 0 Å². The Balaban J connectivity index is 0.811. The Labute approximate surface area is 463 Å². The first-order chi connectivity index (χ1) is 39.7. The topological polar surface area (TPSA) is 21.3 Å². The number of benzene rings is 13. The Morgan fingerprint density at radius 3 is 1.77 bits per heavy atom. The van der Waals surface area contributed by atoms with Crippen LogP contribution in [0, 0.1) is 0 Å². The number of aromatic nitrogens is 1. The molecule has 0 N–H and O–H groups in total. The second-order valence-electron chi connectivity index (χ2n) is 21.5. The number of nitrogens with zero attached hydrogens (tertiary/aromatic N) is 2. The van der Waals surface area contributed by atoms with E-state index in [1.54, 1.807) is 0 Å². The van der Waals surface area contributed by atoms with Gasteiger partial charge < -0.3 is 13.9 Å². The maximum atomic E-state index is 6.54. The zero-order valence-corrected chi connectivity index (χ0v) is 43.5. The van der Waals surface area contributed by atoms with Crippen LogP contribution in [0.25, 0.3) is 116 Å². The first-order valence-electron chi connectivity index (χ1n) is 27.6. The minimum atomic E-state index is -0.519. The molecule has 17 rings (SSSR count). The van der Waals surface area contributed by atoms with Crippen molar-refractivity contribution in [2.75, 3.05) is 4.90 Å². The summed E-state index contributed by atoms with van der Waals surface area (Å²) in [6, 6.07) is 107. The summed E-state index contributed by atoms with van der Waals surface area (Å²) in [4.78, 5) is 2.43. The van der Waals surface area contributed by atoms with Gasteiger partial charge >= 0.3 is 0 Å². The summed E-state index contributed by atoms with van der Waals surface area (Å²) in [5, 5.41) is 7.16. The molecule has 0 radical (unpaired) electrons. The maximum Gasteiger partial charge on any atom is 0.143 e. The number of anilines is 3. The Bertz CT molecular complexity index is 5020. The van der Waals surface area contributed by atoms with Gasteiger partial charge in [0, 0.05) is 44.0 Å². The lowest BCUT2D eigenvalue weighted by atomic mass is 9.65. The van der Waals surface area contributed by atoms with Crippen molar-refractivity contribution in [3.05, 3.63) is 313 Å². The summed E-state index contributed by atoms with van der Waals surface area (Å²) in [5.41, 5.74) is 25.4. The van der Waals surface area contributed by atoms with Gasteiger partial charge in [-0.2, -0.15) is 0 Å². The molecule has 0 fully saturated rings. The molecule has 80 heavy (non-hydrogen) atoms. The normalized spacial score (nSPS) is 14.1. The molecule has 0 saturated carbocycles. The maximum absolute atomic E-state index is 6.54. The first kappa shape index (κ1) is 44.6. The second-order valence-corrected chi connectivity index (χ2v) is 21.5. The van der Waals surface area contributed by atoms with E-state index in [4.69, 9.17) is 4.42 Å². The van der Waals surface area contributed by atoms with E-state index in [2.05, 4.69) is 295 Å². The van der Waals surface area contributed by atoms with Crippen LogP contribution in [0.15, 0.2) is 296 Å². The van der Waals surface area contributed by atoms with Gasteiger partial charge in [0.05, 0.1) is 27.8 Å². The average molecular weight is 1020 g/mol. The molecule has 13 aromatic carbocycles. The van der Waals surface area contributed by atoms with E-state index in [1.165, 1.54) is 94.1 Å². The summed E-state index contributed by atoms with van der Waals surface area (Å²) in [7, 11) is 0. The number of hydrogen-bond acceptors (Lipinski definition) is 2. The summed E-state index contributed by atoms with van der Waals surface area (Å²) in [6.45, 7) is 0. The van der Waals surface area contributed by atoms with Crippen LogP contribution in [-0.2, 0) is 5.41 Å². The summed E-state index contributed by atoms with van der Waals surface area (Å²) in [6.07, 6.45) is 0.